The van der Waals surface area contributed by atoms with Gasteiger partial charge in [0.2, 0.25) is 5.91 Å². The summed E-state index contributed by atoms with van der Waals surface area (Å²) in [6.45, 7) is 1.62. The Kier molecular flexibility index (Phi) is 4.54. The first-order valence-electron chi connectivity index (χ1n) is 6.43. The van der Waals surface area contributed by atoms with Gasteiger partial charge < -0.3 is 15.8 Å². The third-order valence-corrected chi connectivity index (χ3v) is 2.73. The monoisotopic (exact) mass is 281 g/mol. The van der Waals surface area contributed by atoms with Crippen LogP contribution in [-0.2, 0) is 4.79 Å². The highest BCUT2D eigenvalue weighted by molar-refractivity contribution is 5.94. The molecule has 0 spiro atoms. The predicted molar refractivity (Wildman–Crippen MR) is 80.0 cm³/mol. The van der Waals surface area contributed by atoms with Gasteiger partial charge in [-0.1, -0.05) is 6.07 Å². The summed E-state index contributed by atoms with van der Waals surface area (Å²) >= 11 is 0. The van der Waals surface area contributed by atoms with Crippen LogP contribution < -0.4 is 15.8 Å². The van der Waals surface area contributed by atoms with Gasteiger partial charge in [-0.3, -0.25) is 4.79 Å². The molecule has 21 heavy (non-hydrogen) atoms. The molecule has 5 heteroatoms. The molecule has 1 amide bonds. The molecule has 5 nitrogen and oxygen atoms in total. The first kappa shape index (κ1) is 14.6. The van der Waals surface area contributed by atoms with E-state index in [9.17, 15) is 4.79 Å². The summed E-state index contributed by atoms with van der Waals surface area (Å²) in [4.78, 5) is 11.5. The van der Waals surface area contributed by atoms with Gasteiger partial charge in [-0.25, -0.2) is 0 Å². The summed E-state index contributed by atoms with van der Waals surface area (Å²) in [6.07, 6.45) is 0. The number of hydrogen-bond acceptors (Lipinski definition) is 4. The molecule has 0 aliphatic carbocycles. The van der Waals surface area contributed by atoms with Gasteiger partial charge in [0.05, 0.1) is 17.7 Å². The largest absolute Gasteiger partial charge is 0.457 e. The average molecular weight is 281 g/mol. The van der Waals surface area contributed by atoms with Crippen molar-refractivity contribution >= 4 is 11.6 Å². The third-order valence-electron chi connectivity index (χ3n) is 2.73. The molecule has 1 atom stereocenters. The van der Waals surface area contributed by atoms with Crippen molar-refractivity contribution in [3.63, 3.8) is 0 Å². The van der Waals surface area contributed by atoms with Gasteiger partial charge in [-0.15, -0.1) is 0 Å². The van der Waals surface area contributed by atoms with Gasteiger partial charge >= 0.3 is 0 Å². The van der Waals surface area contributed by atoms with E-state index in [2.05, 4.69) is 5.32 Å². The van der Waals surface area contributed by atoms with Crippen LogP contribution >= 0.6 is 0 Å². The minimum atomic E-state index is -0.576. The predicted octanol–water partition coefficient (Wildman–Crippen LogP) is 2.64. The Morgan fingerprint density at radius 1 is 1.24 bits per heavy atom. The van der Waals surface area contributed by atoms with Crippen LogP contribution in [0.3, 0.4) is 0 Å². The van der Waals surface area contributed by atoms with Crippen molar-refractivity contribution in [1.29, 1.82) is 5.26 Å². The average Bonchev–Trinajstić information content (AvgIpc) is 2.48. The van der Waals surface area contributed by atoms with E-state index in [1.54, 1.807) is 55.5 Å². The maximum atomic E-state index is 11.5. The Morgan fingerprint density at radius 3 is 2.57 bits per heavy atom. The van der Waals surface area contributed by atoms with Gasteiger partial charge in [0.1, 0.15) is 11.5 Å². The lowest BCUT2D eigenvalue weighted by atomic mass is 10.2. The molecular weight excluding hydrogens is 266 g/mol. The van der Waals surface area contributed by atoms with Crippen LogP contribution in [0.2, 0.25) is 0 Å². The lowest BCUT2D eigenvalue weighted by Crippen LogP contribution is -2.32. The minimum absolute atomic E-state index is 0.259. The van der Waals surface area contributed by atoms with Gasteiger partial charge in [-0.05, 0) is 43.3 Å². The summed E-state index contributed by atoms with van der Waals surface area (Å²) in [5.41, 5.74) is 6.69. The zero-order chi connectivity index (χ0) is 15.2. The molecule has 0 fully saturated rings. The fraction of sp³-hybridized carbons (Fsp3) is 0.125. The number of hydrogen-bond donors (Lipinski definition) is 2. The van der Waals surface area contributed by atoms with Crippen LogP contribution in [0.4, 0.5) is 5.69 Å². The van der Waals surface area contributed by atoms with E-state index in [0.717, 1.165) is 0 Å². The molecule has 3 N–H and O–H groups in total. The lowest BCUT2D eigenvalue weighted by molar-refractivity contribution is -0.117. The molecule has 0 bridgehead atoms. The summed E-state index contributed by atoms with van der Waals surface area (Å²) < 4.78 is 5.67. The van der Waals surface area contributed by atoms with Crippen LogP contribution in [0.15, 0.2) is 48.5 Å². The summed E-state index contributed by atoms with van der Waals surface area (Å²) in [5, 5.41) is 11.4. The fourth-order valence-corrected chi connectivity index (χ4v) is 1.63. The summed E-state index contributed by atoms with van der Waals surface area (Å²) in [7, 11) is 0. The number of nitriles is 1. The maximum absolute atomic E-state index is 11.5. The zero-order valence-corrected chi connectivity index (χ0v) is 11.5. The molecule has 106 valence electrons. The quantitative estimate of drug-likeness (QED) is 0.901. The number of nitrogens with zero attached hydrogens (tertiary/aromatic N) is 1. The van der Waals surface area contributed by atoms with E-state index in [1.165, 1.54) is 0 Å². The van der Waals surface area contributed by atoms with Crippen LogP contribution in [0, 0.1) is 11.3 Å². The van der Waals surface area contributed by atoms with E-state index in [-0.39, 0.29) is 5.91 Å². The van der Waals surface area contributed by atoms with Crippen LogP contribution in [0.5, 0.6) is 11.5 Å². The number of rotatable bonds is 4. The van der Waals surface area contributed by atoms with Gasteiger partial charge in [0, 0.05) is 11.8 Å². The molecular formula is C16H15N3O2. The standard InChI is InChI=1S/C16H15N3O2/c1-11(18)16(20)19-13-3-2-4-15(9-13)21-14-7-5-12(10-17)6-8-14/h2-9,11H,18H2,1H3,(H,19,20). The normalized spacial score (nSPS) is 11.3. The number of nitrogens with two attached hydrogens (primary N) is 1. The van der Waals surface area contributed by atoms with Crippen LogP contribution in [0.25, 0.3) is 0 Å². The Hall–Kier alpha value is -2.84. The highest BCUT2D eigenvalue weighted by atomic mass is 16.5. The maximum Gasteiger partial charge on any atom is 0.241 e. The molecule has 0 radical (unpaired) electrons. The Bertz CT molecular complexity index is 673. The SMILES string of the molecule is CC(N)C(=O)Nc1cccc(Oc2ccc(C#N)cc2)c1. The van der Waals surface area contributed by atoms with Gasteiger partial charge in [-0.2, -0.15) is 5.26 Å². The molecule has 0 saturated carbocycles. The smallest absolute Gasteiger partial charge is 0.241 e. The van der Waals surface area contributed by atoms with Crippen molar-refractivity contribution in [2.75, 3.05) is 5.32 Å². The summed E-state index contributed by atoms with van der Waals surface area (Å²) in [5.74, 6) is 0.942. The molecule has 0 heterocycles. The van der Waals surface area contributed by atoms with E-state index in [4.69, 9.17) is 15.7 Å². The number of carbonyl (C=O) groups excluding carboxylic acids is 1. The van der Waals surface area contributed by atoms with Crippen molar-refractivity contribution in [1.82, 2.24) is 0 Å². The number of anilines is 1. The first-order chi connectivity index (χ1) is 10.1. The Labute approximate surface area is 123 Å². The van der Waals surface area contributed by atoms with E-state index < -0.39 is 6.04 Å². The van der Waals surface area contributed by atoms with Crippen molar-refractivity contribution < 1.29 is 9.53 Å². The van der Waals surface area contributed by atoms with Crippen molar-refractivity contribution in [2.45, 2.75) is 13.0 Å². The summed E-state index contributed by atoms with van der Waals surface area (Å²) in [6, 6.07) is 15.3. The molecule has 2 rings (SSSR count). The molecule has 0 saturated heterocycles. The molecule has 0 aliphatic rings. The Morgan fingerprint density at radius 2 is 1.95 bits per heavy atom. The fourth-order valence-electron chi connectivity index (χ4n) is 1.63. The lowest BCUT2D eigenvalue weighted by Gasteiger charge is -2.10. The number of nitrogens with one attached hydrogen (secondary N) is 1. The van der Waals surface area contributed by atoms with E-state index in [0.29, 0.717) is 22.7 Å². The molecule has 0 aliphatic heterocycles. The van der Waals surface area contributed by atoms with Crippen molar-refractivity contribution in [2.24, 2.45) is 5.73 Å². The number of benzene rings is 2. The molecule has 2 aromatic rings. The Balaban J connectivity index is 2.10. The van der Waals surface area contributed by atoms with Gasteiger partial charge in [0.25, 0.3) is 0 Å². The number of amides is 1. The number of ether oxygens (including phenoxy) is 1. The van der Waals surface area contributed by atoms with Crippen LogP contribution in [-0.4, -0.2) is 11.9 Å². The molecule has 0 aromatic heterocycles. The highest BCUT2D eigenvalue weighted by Gasteiger charge is 2.08. The van der Waals surface area contributed by atoms with Crippen molar-refractivity contribution in [3.05, 3.63) is 54.1 Å². The van der Waals surface area contributed by atoms with Gasteiger partial charge in [0.15, 0.2) is 0 Å². The first-order valence-corrected chi connectivity index (χ1v) is 6.43. The number of carbonyl (C=O) groups is 1. The van der Waals surface area contributed by atoms with Crippen LogP contribution in [0.1, 0.15) is 12.5 Å². The molecule has 1 unspecified atom stereocenters. The second-order valence-corrected chi connectivity index (χ2v) is 4.54. The topological polar surface area (TPSA) is 88.1 Å². The minimum Gasteiger partial charge on any atom is -0.457 e. The van der Waals surface area contributed by atoms with E-state index >= 15 is 0 Å². The second kappa shape index (κ2) is 6.55. The van der Waals surface area contributed by atoms with E-state index in [1.807, 2.05) is 6.07 Å². The molecule has 2 aromatic carbocycles. The second-order valence-electron chi connectivity index (χ2n) is 4.54. The zero-order valence-electron chi connectivity index (χ0n) is 11.5. The third kappa shape index (κ3) is 4.06. The highest BCUT2D eigenvalue weighted by Crippen LogP contribution is 2.24. The van der Waals surface area contributed by atoms with Crippen molar-refractivity contribution in [3.8, 4) is 17.6 Å².